The van der Waals surface area contributed by atoms with Gasteiger partial charge in [-0.05, 0) is 50.9 Å². The Balaban J connectivity index is 1.42. The molecule has 9 nitrogen and oxygen atoms in total. The van der Waals surface area contributed by atoms with E-state index in [-0.39, 0.29) is 35.7 Å². The van der Waals surface area contributed by atoms with Crippen LogP contribution >= 0.6 is 0 Å². The summed E-state index contributed by atoms with van der Waals surface area (Å²) in [7, 11) is 1.40. The summed E-state index contributed by atoms with van der Waals surface area (Å²) in [4.78, 5) is 50.0. The first-order valence-corrected chi connectivity index (χ1v) is 11.9. The fourth-order valence-electron chi connectivity index (χ4n) is 4.53. The van der Waals surface area contributed by atoms with Gasteiger partial charge in [0.05, 0.1) is 30.5 Å². The molecule has 2 heterocycles. The lowest BCUT2D eigenvalue weighted by Crippen LogP contribution is -2.51. The second kappa shape index (κ2) is 9.89. The summed E-state index contributed by atoms with van der Waals surface area (Å²) in [6.45, 7) is 4.04. The summed E-state index contributed by atoms with van der Waals surface area (Å²) in [6.07, 6.45) is 8.92. The van der Waals surface area contributed by atoms with Crippen LogP contribution < -0.4 is 10.6 Å². The van der Waals surface area contributed by atoms with E-state index in [0.717, 1.165) is 31.4 Å². The van der Waals surface area contributed by atoms with E-state index in [1.165, 1.54) is 7.11 Å². The molecule has 2 fully saturated rings. The Morgan fingerprint density at radius 3 is 2.52 bits per heavy atom. The summed E-state index contributed by atoms with van der Waals surface area (Å²) in [5, 5.41) is 6.00. The molecule has 0 saturated heterocycles. The van der Waals surface area contributed by atoms with Crippen LogP contribution in [0.15, 0.2) is 12.4 Å². The third-order valence-electron chi connectivity index (χ3n) is 6.58. The maximum absolute atomic E-state index is 13.1. The van der Waals surface area contributed by atoms with Gasteiger partial charge in [-0.15, -0.1) is 0 Å². The molecule has 0 aliphatic heterocycles. The van der Waals surface area contributed by atoms with Crippen molar-refractivity contribution in [2.45, 2.75) is 76.8 Å². The van der Waals surface area contributed by atoms with E-state index in [2.05, 4.69) is 25.6 Å². The van der Waals surface area contributed by atoms with Crippen molar-refractivity contribution in [2.24, 2.45) is 11.8 Å². The molecule has 9 heteroatoms. The number of fused-ring (bicyclic) bond motifs is 1. The van der Waals surface area contributed by atoms with Gasteiger partial charge in [-0.25, -0.2) is 9.97 Å². The van der Waals surface area contributed by atoms with Crippen LogP contribution in [0.2, 0.25) is 0 Å². The highest BCUT2D eigenvalue weighted by Gasteiger charge is 2.31. The average molecular weight is 456 g/mol. The highest BCUT2D eigenvalue weighted by atomic mass is 16.5. The van der Waals surface area contributed by atoms with Crippen molar-refractivity contribution in [3.63, 3.8) is 0 Å². The Hall–Kier alpha value is -2.97. The molecule has 2 aliphatic rings. The lowest BCUT2D eigenvalue weighted by molar-refractivity contribution is -0.146. The molecular weight excluding hydrogens is 422 g/mol. The summed E-state index contributed by atoms with van der Waals surface area (Å²) in [6, 6.07) is -0.662. The predicted molar refractivity (Wildman–Crippen MR) is 122 cm³/mol. The minimum absolute atomic E-state index is 0.00924. The fraction of sp³-hybridized carbons (Fsp3) is 0.625. The molecule has 0 radical (unpaired) electrons. The van der Waals surface area contributed by atoms with E-state index in [0.29, 0.717) is 41.9 Å². The van der Waals surface area contributed by atoms with Crippen LogP contribution in [-0.2, 0) is 14.3 Å². The molecule has 4 rings (SSSR count). The number of carbonyl (C=O) groups excluding carboxylic acids is 3. The van der Waals surface area contributed by atoms with E-state index in [9.17, 15) is 14.4 Å². The number of aromatic nitrogens is 3. The molecule has 2 aromatic heterocycles. The van der Waals surface area contributed by atoms with Crippen molar-refractivity contribution >= 4 is 28.9 Å². The normalized spacial score (nSPS) is 21.6. The van der Waals surface area contributed by atoms with Gasteiger partial charge < -0.3 is 20.4 Å². The average Bonchev–Trinajstić information content (AvgIpc) is 3.57. The molecule has 2 amide bonds. The van der Waals surface area contributed by atoms with Gasteiger partial charge in [-0.2, -0.15) is 0 Å². The zero-order valence-electron chi connectivity index (χ0n) is 19.5. The number of rotatable bonds is 8. The number of nitrogens with zero attached hydrogens (tertiary/aromatic N) is 2. The van der Waals surface area contributed by atoms with Crippen molar-refractivity contribution in [1.29, 1.82) is 0 Å². The van der Waals surface area contributed by atoms with Crippen LogP contribution in [-0.4, -0.2) is 51.9 Å². The smallest absolute Gasteiger partial charge is 0.308 e. The van der Waals surface area contributed by atoms with Crippen LogP contribution in [0.1, 0.15) is 80.8 Å². The third kappa shape index (κ3) is 5.51. The van der Waals surface area contributed by atoms with Crippen LogP contribution in [0.25, 0.3) is 11.2 Å². The summed E-state index contributed by atoms with van der Waals surface area (Å²) >= 11 is 0. The minimum Gasteiger partial charge on any atom is -0.469 e. The summed E-state index contributed by atoms with van der Waals surface area (Å²) in [5.74, 6) is -0.155. The van der Waals surface area contributed by atoms with Gasteiger partial charge in [0.2, 0.25) is 5.91 Å². The molecular formula is C24H33N5O4. The molecule has 2 saturated carbocycles. The second-order valence-corrected chi connectivity index (χ2v) is 9.70. The lowest BCUT2D eigenvalue weighted by Gasteiger charge is -2.29. The maximum atomic E-state index is 13.1. The van der Waals surface area contributed by atoms with Crippen LogP contribution in [0, 0.1) is 11.8 Å². The maximum Gasteiger partial charge on any atom is 0.308 e. The molecule has 178 valence electrons. The summed E-state index contributed by atoms with van der Waals surface area (Å²) in [5.41, 5.74) is 2.42. The molecule has 3 N–H and O–H groups in total. The van der Waals surface area contributed by atoms with Crippen molar-refractivity contribution in [3.8, 4) is 0 Å². The van der Waals surface area contributed by atoms with Crippen LogP contribution in [0.5, 0.6) is 0 Å². The molecule has 2 aliphatic carbocycles. The topological polar surface area (TPSA) is 126 Å². The van der Waals surface area contributed by atoms with Crippen LogP contribution in [0.4, 0.5) is 0 Å². The van der Waals surface area contributed by atoms with Crippen LogP contribution in [0.3, 0.4) is 0 Å². The molecule has 0 aromatic carbocycles. The number of H-pyrrole nitrogens is 1. The number of carbonyl (C=O) groups is 3. The van der Waals surface area contributed by atoms with E-state index < -0.39 is 6.04 Å². The number of ether oxygens (including phenoxy) is 1. The lowest BCUT2D eigenvalue weighted by atomic mass is 9.86. The van der Waals surface area contributed by atoms with Crippen molar-refractivity contribution in [2.75, 3.05) is 7.11 Å². The SMILES string of the molecule is COC(=O)C1CCC(NC(=O)[C@@H](CC(C)C)NC(=O)c2c[nH]c3ncc(C4CC4)nc23)CC1. The number of hydrogen-bond acceptors (Lipinski definition) is 6. The van der Waals surface area contributed by atoms with E-state index >= 15 is 0 Å². The Bertz CT molecular complexity index is 1020. The molecule has 0 spiro atoms. The van der Waals surface area contributed by atoms with Crippen molar-refractivity contribution in [3.05, 3.63) is 23.7 Å². The largest absolute Gasteiger partial charge is 0.469 e. The predicted octanol–water partition coefficient (Wildman–Crippen LogP) is 2.83. The Morgan fingerprint density at radius 1 is 1.15 bits per heavy atom. The Labute approximate surface area is 193 Å². The zero-order chi connectivity index (χ0) is 23.5. The van der Waals surface area contributed by atoms with E-state index in [1.807, 2.05) is 13.8 Å². The van der Waals surface area contributed by atoms with Gasteiger partial charge in [0.15, 0.2) is 5.65 Å². The highest BCUT2D eigenvalue weighted by molar-refractivity contribution is 6.05. The first-order chi connectivity index (χ1) is 15.9. The van der Waals surface area contributed by atoms with Crippen molar-refractivity contribution in [1.82, 2.24) is 25.6 Å². The monoisotopic (exact) mass is 455 g/mol. The Morgan fingerprint density at radius 2 is 1.88 bits per heavy atom. The number of nitrogens with one attached hydrogen (secondary N) is 3. The van der Waals surface area contributed by atoms with Gasteiger partial charge in [0.25, 0.3) is 5.91 Å². The molecule has 33 heavy (non-hydrogen) atoms. The van der Waals surface area contributed by atoms with Gasteiger partial charge in [0, 0.05) is 18.2 Å². The number of aromatic amines is 1. The van der Waals surface area contributed by atoms with Gasteiger partial charge in [-0.1, -0.05) is 13.8 Å². The minimum atomic E-state index is -0.652. The number of methoxy groups -OCH3 is 1. The Kier molecular flexibility index (Phi) is 6.95. The second-order valence-electron chi connectivity index (χ2n) is 9.70. The number of amides is 2. The molecule has 2 aromatic rings. The fourth-order valence-corrected chi connectivity index (χ4v) is 4.53. The first kappa shape index (κ1) is 23.2. The quantitative estimate of drug-likeness (QED) is 0.526. The van der Waals surface area contributed by atoms with E-state index in [4.69, 9.17) is 4.74 Å². The number of esters is 1. The summed E-state index contributed by atoms with van der Waals surface area (Å²) < 4.78 is 4.84. The van der Waals surface area contributed by atoms with Gasteiger partial charge >= 0.3 is 5.97 Å². The first-order valence-electron chi connectivity index (χ1n) is 11.9. The molecule has 1 atom stereocenters. The van der Waals surface area contributed by atoms with Gasteiger partial charge in [0.1, 0.15) is 11.6 Å². The number of hydrogen-bond donors (Lipinski definition) is 3. The highest BCUT2D eigenvalue weighted by Crippen LogP contribution is 2.39. The molecule has 0 bridgehead atoms. The standard InChI is InChI=1S/C24H33N5O4/c1-13(2)10-18(23(31)27-16-8-6-15(7-9-16)24(32)33-3)29-22(30)17-11-25-21-20(17)28-19(12-26-21)14-4-5-14/h11-16,18H,4-10H2,1-3H3,(H,25,26)(H,27,31)(H,29,30)/t15?,16?,18-/m1/s1. The van der Waals surface area contributed by atoms with Crippen molar-refractivity contribution < 1.29 is 19.1 Å². The zero-order valence-corrected chi connectivity index (χ0v) is 19.5. The molecule has 0 unspecified atom stereocenters. The van der Waals surface area contributed by atoms with E-state index in [1.54, 1.807) is 12.4 Å². The van der Waals surface area contributed by atoms with Gasteiger partial charge in [-0.3, -0.25) is 14.4 Å². The third-order valence-corrected chi connectivity index (χ3v) is 6.58.